The third-order valence-electron chi connectivity index (χ3n) is 5.27. The Labute approximate surface area is 164 Å². The van der Waals surface area contributed by atoms with E-state index in [-0.39, 0.29) is 11.6 Å². The van der Waals surface area contributed by atoms with E-state index in [0.29, 0.717) is 6.42 Å². The van der Waals surface area contributed by atoms with E-state index in [1.165, 1.54) is 35.6 Å². The van der Waals surface area contributed by atoms with E-state index >= 15 is 0 Å². The lowest BCUT2D eigenvalue weighted by atomic mass is 9.68. The Morgan fingerprint density at radius 3 is 2.14 bits per heavy atom. The summed E-state index contributed by atoms with van der Waals surface area (Å²) in [5, 5.41) is 9.58. The molecular formula is C22H15F2N3S. The van der Waals surface area contributed by atoms with Crippen LogP contribution in [0.3, 0.4) is 0 Å². The van der Waals surface area contributed by atoms with Gasteiger partial charge in [-0.1, -0.05) is 36.4 Å². The first-order valence-electron chi connectivity index (χ1n) is 8.83. The molecule has 28 heavy (non-hydrogen) atoms. The number of H-pyrrole nitrogens is 1. The molecule has 4 aromatic rings. The van der Waals surface area contributed by atoms with Gasteiger partial charge in [-0.3, -0.25) is 5.10 Å². The van der Waals surface area contributed by atoms with Crippen molar-refractivity contribution in [3.63, 3.8) is 0 Å². The van der Waals surface area contributed by atoms with Crippen molar-refractivity contribution in [2.24, 2.45) is 0 Å². The van der Waals surface area contributed by atoms with Crippen LogP contribution in [0.15, 0.2) is 65.5 Å². The van der Waals surface area contributed by atoms with Gasteiger partial charge in [0.2, 0.25) is 0 Å². The highest BCUT2D eigenvalue weighted by molar-refractivity contribution is 7.07. The van der Waals surface area contributed by atoms with Gasteiger partial charge in [-0.25, -0.2) is 13.8 Å². The lowest BCUT2D eigenvalue weighted by molar-refractivity contribution is 0.599. The van der Waals surface area contributed by atoms with E-state index in [2.05, 4.69) is 21.3 Å². The van der Waals surface area contributed by atoms with Crippen LogP contribution in [-0.2, 0) is 11.8 Å². The maximum absolute atomic E-state index is 13.5. The summed E-state index contributed by atoms with van der Waals surface area (Å²) >= 11 is 1.52. The highest BCUT2D eigenvalue weighted by atomic mass is 32.1. The molecule has 2 aromatic heterocycles. The normalized spacial score (nSPS) is 14.8. The number of rotatable bonds is 3. The number of aromatic amines is 1. The molecule has 5 rings (SSSR count). The Kier molecular flexibility index (Phi) is 3.94. The largest absolute Gasteiger partial charge is 0.281 e. The number of fused-ring (bicyclic) bond motifs is 1. The quantitative estimate of drug-likeness (QED) is 0.510. The molecule has 0 saturated carbocycles. The van der Waals surface area contributed by atoms with E-state index in [1.807, 2.05) is 11.5 Å². The van der Waals surface area contributed by atoms with E-state index in [1.54, 1.807) is 29.8 Å². The van der Waals surface area contributed by atoms with Crippen molar-refractivity contribution >= 4 is 17.4 Å². The zero-order valence-corrected chi connectivity index (χ0v) is 15.5. The number of hydrogen-bond acceptors (Lipinski definition) is 3. The highest BCUT2D eigenvalue weighted by Gasteiger charge is 2.36. The molecule has 0 bridgehead atoms. The second kappa shape index (κ2) is 6.49. The standard InChI is InChI=1S/C22H15F2N3S/c23-16-5-1-14(2-6-16)22(15-3-7-17(24)8-4-15)10-9-18-19(11-22)26-27-21(18)20-12-28-13-25-20/h1-10,12-13H,11H2,(H,26,27). The highest BCUT2D eigenvalue weighted by Crippen LogP contribution is 2.43. The maximum Gasteiger partial charge on any atom is 0.123 e. The van der Waals surface area contributed by atoms with Gasteiger partial charge in [-0.15, -0.1) is 11.3 Å². The molecule has 6 heteroatoms. The second-order valence-corrected chi connectivity index (χ2v) is 7.55. The monoisotopic (exact) mass is 391 g/mol. The summed E-state index contributed by atoms with van der Waals surface area (Å²) in [5.74, 6) is -0.573. The third-order valence-corrected chi connectivity index (χ3v) is 5.85. The van der Waals surface area contributed by atoms with E-state index in [4.69, 9.17) is 0 Å². The topological polar surface area (TPSA) is 41.6 Å². The fraction of sp³-hybridized carbons (Fsp3) is 0.0909. The molecule has 1 N–H and O–H groups in total. The van der Waals surface area contributed by atoms with Crippen LogP contribution in [0.4, 0.5) is 8.78 Å². The van der Waals surface area contributed by atoms with E-state index in [0.717, 1.165) is 33.8 Å². The molecule has 0 amide bonds. The fourth-order valence-corrected chi connectivity index (χ4v) is 4.38. The minimum atomic E-state index is -0.541. The van der Waals surface area contributed by atoms with Crippen molar-refractivity contribution in [1.82, 2.24) is 15.2 Å². The molecule has 0 spiro atoms. The summed E-state index contributed by atoms with van der Waals surface area (Å²) in [6, 6.07) is 13.0. The molecule has 2 heterocycles. The minimum absolute atomic E-state index is 0.286. The molecule has 1 aliphatic rings. The van der Waals surface area contributed by atoms with Crippen molar-refractivity contribution in [3.05, 3.63) is 99.5 Å². The average molecular weight is 391 g/mol. The van der Waals surface area contributed by atoms with Crippen molar-refractivity contribution in [1.29, 1.82) is 0 Å². The molecule has 0 fully saturated rings. The van der Waals surface area contributed by atoms with Crippen LogP contribution in [0, 0.1) is 11.6 Å². The molecule has 138 valence electrons. The maximum atomic E-state index is 13.5. The average Bonchev–Trinajstić information content (AvgIpc) is 3.38. The van der Waals surface area contributed by atoms with Crippen molar-refractivity contribution < 1.29 is 8.78 Å². The third kappa shape index (κ3) is 2.68. The summed E-state index contributed by atoms with van der Waals surface area (Å²) in [6.07, 6.45) is 4.73. The SMILES string of the molecule is Fc1ccc(C2(c3ccc(F)cc3)C=Cc3c(-c4cscn4)n[nH]c3C2)cc1. The molecule has 0 aliphatic heterocycles. The molecule has 0 saturated heterocycles. The van der Waals surface area contributed by atoms with Gasteiger partial charge in [0, 0.05) is 28.5 Å². The first-order valence-corrected chi connectivity index (χ1v) is 9.77. The van der Waals surface area contributed by atoms with Crippen LogP contribution >= 0.6 is 11.3 Å². The van der Waals surface area contributed by atoms with Crippen LogP contribution in [0.25, 0.3) is 17.5 Å². The van der Waals surface area contributed by atoms with E-state index in [9.17, 15) is 8.78 Å². The lowest BCUT2D eigenvalue weighted by Crippen LogP contribution is -2.30. The van der Waals surface area contributed by atoms with Gasteiger partial charge >= 0.3 is 0 Å². The second-order valence-electron chi connectivity index (χ2n) is 6.83. The molecule has 2 aromatic carbocycles. The predicted molar refractivity (Wildman–Crippen MR) is 106 cm³/mol. The summed E-state index contributed by atoms with van der Waals surface area (Å²) < 4.78 is 27.1. The van der Waals surface area contributed by atoms with Crippen molar-refractivity contribution in [2.75, 3.05) is 0 Å². The first kappa shape index (κ1) is 17.0. The van der Waals surface area contributed by atoms with Gasteiger partial charge in [-0.2, -0.15) is 5.10 Å². The Balaban J connectivity index is 1.66. The van der Waals surface area contributed by atoms with Gasteiger partial charge in [0.1, 0.15) is 23.0 Å². The van der Waals surface area contributed by atoms with Crippen LogP contribution in [0.1, 0.15) is 22.4 Å². The van der Waals surface area contributed by atoms with E-state index < -0.39 is 5.41 Å². The van der Waals surface area contributed by atoms with Crippen LogP contribution in [-0.4, -0.2) is 15.2 Å². The number of halogens is 2. The molecular weight excluding hydrogens is 376 g/mol. The Bertz CT molecular complexity index is 1100. The van der Waals surface area contributed by atoms with Crippen molar-refractivity contribution in [2.45, 2.75) is 11.8 Å². The Hall–Kier alpha value is -3.12. The zero-order chi connectivity index (χ0) is 19.1. The molecule has 1 aliphatic carbocycles. The Morgan fingerprint density at radius 2 is 1.57 bits per heavy atom. The number of hydrogen-bond donors (Lipinski definition) is 1. The minimum Gasteiger partial charge on any atom is -0.281 e. The number of nitrogens with zero attached hydrogens (tertiary/aromatic N) is 2. The number of aromatic nitrogens is 3. The van der Waals surface area contributed by atoms with Gasteiger partial charge in [0.15, 0.2) is 0 Å². The predicted octanol–water partition coefficient (Wildman–Crippen LogP) is 5.37. The van der Waals surface area contributed by atoms with Crippen LogP contribution in [0.2, 0.25) is 0 Å². The summed E-state index contributed by atoms with van der Waals surface area (Å²) in [5.41, 5.74) is 6.75. The number of allylic oxidation sites excluding steroid dienone is 1. The lowest BCUT2D eigenvalue weighted by Gasteiger charge is -2.34. The van der Waals surface area contributed by atoms with Gasteiger partial charge in [-0.05, 0) is 35.4 Å². The smallest absolute Gasteiger partial charge is 0.123 e. The van der Waals surface area contributed by atoms with Crippen LogP contribution in [0.5, 0.6) is 0 Å². The summed E-state index contributed by atoms with van der Waals surface area (Å²) in [7, 11) is 0. The molecule has 0 atom stereocenters. The molecule has 0 unspecified atom stereocenters. The summed E-state index contributed by atoms with van der Waals surface area (Å²) in [4.78, 5) is 4.36. The number of benzene rings is 2. The fourth-order valence-electron chi connectivity index (χ4n) is 3.85. The summed E-state index contributed by atoms with van der Waals surface area (Å²) in [6.45, 7) is 0. The molecule has 0 radical (unpaired) electrons. The van der Waals surface area contributed by atoms with Gasteiger partial charge in [0.25, 0.3) is 0 Å². The zero-order valence-electron chi connectivity index (χ0n) is 14.7. The molecule has 3 nitrogen and oxygen atoms in total. The first-order chi connectivity index (χ1) is 13.7. The number of nitrogens with one attached hydrogen (secondary N) is 1. The van der Waals surface area contributed by atoms with Crippen LogP contribution < -0.4 is 0 Å². The van der Waals surface area contributed by atoms with Gasteiger partial charge < -0.3 is 0 Å². The number of thiazole rings is 1. The van der Waals surface area contributed by atoms with Gasteiger partial charge in [0.05, 0.1) is 5.51 Å². The Morgan fingerprint density at radius 1 is 0.929 bits per heavy atom. The van der Waals surface area contributed by atoms with Crippen molar-refractivity contribution in [3.8, 4) is 11.4 Å².